The van der Waals surface area contributed by atoms with E-state index >= 15 is 0 Å². The quantitative estimate of drug-likeness (QED) is 0.888. The van der Waals surface area contributed by atoms with Crippen LogP contribution in [-0.4, -0.2) is 15.5 Å². The van der Waals surface area contributed by atoms with Crippen LogP contribution in [0.1, 0.15) is 5.56 Å². The van der Waals surface area contributed by atoms with Gasteiger partial charge in [0.2, 0.25) is 0 Å². The van der Waals surface area contributed by atoms with E-state index in [9.17, 15) is 12.8 Å². The molecule has 21 heavy (non-hydrogen) atoms. The lowest BCUT2D eigenvalue weighted by atomic mass is 10.2. The molecule has 0 spiro atoms. The standard InChI is InChI=1S/C14H13BrFNO3S/c1-9-3-6-14(11(15)7-9)21(18,19)17-10-4-5-13(20-2)12(16)8-10/h3-8,17H,1-2H3. The number of anilines is 1. The average Bonchev–Trinajstić information content (AvgIpc) is 2.37. The van der Waals surface area contributed by atoms with Crippen LogP contribution in [0.2, 0.25) is 0 Å². The Bertz CT molecular complexity index is 778. The summed E-state index contributed by atoms with van der Waals surface area (Å²) in [5.74, 6) is -0.588. The maximum Gasteiger partial charge on any atom is 0.263 e. The number of benzene rings is 2. The van der Waals surface area contributed by atoms with Gasteiger partial charge in [-0.25, -0.2) is 12.8 Å². The van der Waals surface area contributed by atoms with Crippen LogP contribution in [0.5, 0.6) is 5.75 Å². The maximum absolute atomic E-state index is 13.6. The van der Waals surface area contributed by atoms with E-state index < -0.39 is 15.8 Å². The van der Waals surface area contributed by atoms with Gasteiger partial charge in [0.05, 0.1) is 12.8 Å². The van der Waals surface area contributed by atoms with E-state index in [1.807, 2.05) is 6.92 Å². The number of halogens is 2. The summed E-state index contributed by atoms with van der Waals surface area (Å²) in [6, 6.07) is 8.73. The molecule has 4 nitrogen and oxygen atoms in total. The highest BCUT2D eigenvalue weighted by molar-refractivity contribution is 9.10. The number of rotatable bonds is 4. The first-order chi connectivity index (χ1) is 9.83. The Hall–Kier alpha value is -1.60. The van der Waals surface area contributed by atoms with E-state index in [1.165, 1.54) is 25.3 Å². The number of ether oxygens (including phenoxy) is 1. The van der Waals surface area contributed by atoms with E-state index in [1.54, 1.807) is 12.1 Å². The summed E-state index contributed by atoms with van der Waals surface area (Å²) in [5, 5.41) is 0. The van der Waals surface area contributed by atoms with Crippen LogP contribution < -0.4 is 9.46 Å². The molecular formula is C14H13BrFNO3S. The van der Waals surface area contributed by atoms with Crippen molar-refractivity contribution in [2.24, 2.45) is 0 Å². The topological polar surface area (TPSA) is 55.4 Å². The van der Waals surface area contributed by atoms with Gasteiger partial charge in [-0.1, -0.05) is 6.07 Å². The van der Waals surface area contributed by atoms with Crippen LogP contribution in [0.25, 0.3) is 0 Å². The van der Waals surface area contributed by atoms with Gasteiger partial charge in [-0.05, 0) is 52.7 Å². The molecule has 2 aromatic carbocycles. The Balaban J connectivity index is 2.35. The second kappa shape index (κ2) is 6.03. The maximum atomic E-state index is 13.6. The Morgan fingerprint density at radius 1 is 1.19 bits per heavy atom. The number of hydrogen-bond donors (Lipinski definition) is 1. The van der Waals surface area contributed by atoms with Gasteiger partial charge in [0.15, 0.2) is 11.6 Å². The molecule has 2 rings (SSSR count). The molecule has 0 saturated carbocycles. The van der Waals surface area contributed by atoms with Crippen molar-refractivity contribution >= 4 is 31.6 Å². The molecule has 0 aliphatic rings. The third-order valence-corrected chi connectivity index (χ3v) is 5.14. The first kappa shape index (κ1) is 15.8. The van der Waals surface area contributed by atoms with Crippen molar-refractivity contribution in [2.45, 2.75) is 11.8 Å². The second-order valence-corrected chi connectivity index (χ2v) is 6.89. The van der Waals surface area contributed by atoms with Gasteiger partial charge >= 0.3 is 0 Å². The lowest BCUT2D eigenvalue weighted by Crippen LogP contribution is -2.13. The van der Waals surface area contributed by atoms with Crippen LogP contribution >= 0.6 is 15.9 Å². The van der Waals surface area contributed by atoms with Crippen molar-refractivity contribution in [2.75, 3.05) is 11.8 Å². The molecule has 0 aromatic heterocycles. The second-order valence-electron chi connectivity index (χ2n) is 4.39. The summed E-state index contributed by atoms with van der Waals surface area (Å²) >= 11 is 3.22. The minimum Gasteiger partial charge on any atom is -0.494 e. The lowest BCUT2D eigenvalue weighted by molar-refractivity contribution is 0.386. The number of sulfonamides is 1. The van der Waals surface area contributed by atoms with Gasteiger partial charge in [0.25, 0.3) is 10.0 Å². The monoisotopic (exact) mass is 373 g/mol. The Kier molecular flexibility index (Phi) is 4.53. The summed E-state index contributed by atoms with van der Waals surface area (Å²) in [5.41, 5.74) is 1.05. The highest BCUT2D eigenvalue weighted by atomic mass is 79.9. The molecule has 112 valence electrons. The predicted molar refractivity (Wildman–Crippen MR) is 82.6 cm³/mol. The Morgan fingerprint density at radius 2 is 1.90 bits per heavy atom. The highest BCUT2D eigenvalue weighted by Gasteiger charge is 2.18. The van der Waals surface area contributed by atoms with Gasteiger partial charge in [0, 0.05) is 10.5 Å². The summed E-state index contributed by atoms with van der Waals surface area (Å²) in [6.45, 7) is 1.85. The van der Waals surface area contributed by atoms with Gasteiger partial charge in [-0.15, -0.1) is 0 Å². The molecule has 0 atom stereocenters. The molecule has 0 saturated heterocycles. The number of aryl methyl sites for hydroxylation is 1. The molecule has 0 unspecified atom stereocenters. The van der Waals surface area contributed by atoms with Crippen molar-refractivity contribution in [3.63, 3.8) is 0 Å². The van der Waals surface area contributed by atoms with E-state index in [4.69, 9.17) is 4.74 Å². The van der Waals surface area contributed by atoms with Crippen molar-refractivity contribution in [3.8, 4) is 5.75 Å². The molecule has 0 aliphatic carbocycles. The fraction of sp³-hybridized carbons (Fsp3) is 0.143. The molecule has 0 bridgehead atoms. The molecular weight excluding hydrogens is 361 g/mol. The van der Waals surface area contributed by atoms with Crippen LogP contribution in [0, 0.1) is 12.7 Å². The molecule has 0 radical (unpaired) electrons. The third-order valence-electron chi connectivity index (χ3n) is 2.78. The molecule has 0 aliphatic heterocycles. The zero-order valence-corrected chi connectivity index (χ0v) is 13.8. The van der Waals surface area contributed by atoms with Gasteiger partial charge in [-0.3, -0.25) is 4.72 Å². The number of methoxy groups -OCH3 is 1. The van der Waals surface area contributed by atoms with Gasteiger partial charge in [0.1, 0.15) is 4.90 Å². The molecule has 7 heteroatoms. The van der Waals surface area contributed by atoms with E-state index in [0.717, 1.165) is 11.6 Å². The predicted octanol–water partition coefficient (Wildman–Crippen LogP) is 3.71. The van der Waals surface area contributed by atoms with E-state index in [-0.39, 0.29) is 16.3 Å². The Morgan fingerprint density at radius 3 is 2.48 bits per heavy atom. The molecule has 2 aromatic rings. The van der Waals surface area contributed by atoms with Crippen LogP contribution in [-0.2, 0) is 10.0 Å². The third kappa shape index (κ3) is 3.54. The number of nitrogens with one attached hydrogen (secondary N) is 1. The fourth-order valence-electron chi connectivity index (χ4n) is 1.76. The summed E-state index contributed by atoms with van der Waals surface area (Å²) in [6.07, 6.45) is 0. The SMILES string of the molecule is COc1ccc(NS(=O)(=O)c2ccc(C)cc2Br)cc1F. The van der Waals surface area contributed by atoms with Gasteiger partial charge < -0.3 is 4.74 Å². The van der Waals surface area contributed by atoms with E-state index in [0.29, 0.717) is 4.47 Å². The first-order valence-electron chi connectivity index (χ1n) is 5.96. The van der Waals surface area contributed by atoms with Crippen molar-refractivity contribution < 1.29 is 17.5 Å². The zero-order chi connectivity index (χ0) is 15.6. The highest BCUT2D eigenvalue weighted by Crippen LogP contribution is 2.27. The molecule has 0 heterocycles. The summed E-state index contributed by atoms with van der Waals surface area (Å²) < 4.78 is 45.8. The van der Waals surface area contributed by atoms with Crippen molar-refractivity contribution in [1.82, 2.24) is 0 Å². The van der Waals surface area contributed by atoms with Crippen LogP contribution in [0.3, 0.4) is 0 Å². The largest absolute Gasteiger partial charge is 0.494 e. The van der Waals surface area contributed by atoms with Crippen molar-refractivity contribution in [3.05, 3.63) is 52.3 Å². The molecule has 0 fully saturated rings. The Labute approximate surface area is 131 Å². The zero-order valence-electron chi connectivity index (χ0n) is 11.4. The fourth-order valence-corrected chi connectivity index (χ4v) is 4.01. The molecule has 1 N–H and O–H groups in total. The van der Waals surface area contributed by atoms with Crippen molar-refractivity contribution in [1.29, 1.82) is 0 Å². The molecule has 0 amide bonds. The summed E-state index contributed by atoms with van der Waals surface area (Å²) in [4.78, 5) is 0.0873. The van der Waals surface area contributed by atoms with Crippen LogP contribution in [0.15, 0.2) is 45.8 Å². The van der Waals surface area contributed by atoms with Gasteiger partial charge in [-0.2, -0.15) is 0 Å². The minimum atomic E-state index is -3.80. The average molecular weight is 374 g/mol. The normalized spacial score (nSPS) is 11.2. The smallest absolute Gasteiger partial charge is 0.263 e. The summed E-state index contributed by atoms with van der Waals surface area (Å²) in [7, 11) is -2.46. The lowest BCUT2D eigenvalue weighted by Gasteiger charge is -2.11. The minimum absolute atomic E-state index is 0.0504. The van der Waals surface area contributed by atoms with Crippen LogP contribution in [0.4, 0.5) is 10.1 Å². The first-order valence-corrected chi connectivity index (χ1v) is 8.23. The van der Waals surface area contributed by atoms with E-state index in [2.05, 4.69) is 20.7 Å². The number of hydrogen-bond acceptors (Lipinski definition) is 3.